The number of amides is 1. The number of rotatable bonds is 2. The number of allylic oxidation sites excluding steroid dienone is 1. The van der Waals surface area contributed by atoms with Crippen LogP contribution in [0.3, 0.4) is 0 Å². The SMILES string of the molecule is Cn1nc(C(F)(F)F)c(C(=O)NC2CC3=CCC4CC3C2C4)c1Cl. The van der Waals surface area contributed by atoms with E-state index in [0.717, 1.165) is 30.4 Å². The first-order valence-electron chi connectivity index (χ1n) is 8.05. The maximum atomic E-state index is 13.1. The highest BCUT2D eigenvalue weighted by molar-refractivity contribution is 6.33. The zero-order valence-electron chi connectivity index (χ0n) is 13.0. The van der Waals surface area contributed by atoms with E-state index < -0.39 is 23.3 Å². The van der Waals surface area contributed by atoms with Gasteiger partial charge in [0.2, 0.25) is 0 Å². The van der Waals surface area contributed by atoms with Gasteiger partial charge in [0.15, 0.2) is 5.69 Å². The fourth-order valence-electron chi connectivity index (χ4n) is 4.65. The number of nitrogens with one attached hydrogen (secondary N) is 1. The molecule has 0 spiro atoms. The van der Waals surface area contributed by atoms with E-state index in [1.807, 2.05) is 0 Å². The Morgan fingerprint density at radius 2 is 2.17 bits per heavy atom. The van der Waals surface area contributed by atoms with E-state index in [9.17, 15) is 18.0 Å². The largest absolute Gasteiger partial charge is 0.436 e. The number of nitrogens with zero attached hydrogens (tertiary/aromatic N) is 2. The Balaban J connectivity index is 1.60. The summed E-state index contributed by atoms with van der Waals surface area (Å²) in [5.41, 5.74) is -0.450. The minimum Gasteiger partial charge on any atom is -0.349 e. The number of aromatic nitrogens is 2. The summed E-state index contributed by atoms with van der Waals surface area (Å²) in [7, 11) is 1.29. The van der Waals surface area contributed by atoms with Crippen LogP contribution in [0.1, 0.15) is 41.7 Å². The van der Waals surface area contributed by atoms with Gasteiger partial charge >= 0.3 is 6.18 Å². The highest BCUT2D eigenvalue weighted by Crippen LogP contribution is 2.54. The molecule has 8 heteroatoms. The molecule has 4 unspecified atom stereocenters. The van der Waals surface area contributed by atoms with Crippen molar-refractivity contribution in [1.29, 1.82) is 0 Å². The van der Waals surface area contributed by atoms with Crippen molar-refractivity contribution in [2.75, 3.05) is 0 Å². The third kappa shape index (κ3) is 2.36. The van der Waals surface area contributed by atoms with Gasteiger partial charge in [-0.1, -0.05) is 23.3 Å². The van der Waals surface area contributed by atoms with Crippen molar-refractivity contribution in [2.24, 2.45) is 24.8 Å². The van der Waals surface area contributed by atoms with Crippen LogP contribution in [0, 0.1) is 17.8 Å². The first-order valence-corrected chi connectivity index (χ1v) is 8.43. The summed E-state index contributed by atoms with van der Waals surface area (Å²) in [5.74, 6) is 0.684. The zero-order chi connectivity index (χ0) is 17.2. The Kier molecular flexibility index (Phi) is 3.50. The van der Waals surface area contributed by atoms with Crippen molar-refractivity contribution < 1.29 is 18.0 Å². The zero-order valence-corrected chi connectivity index (χ0v) is 13.8. The smallest absolute Gasteiger partial charge is 0.349 e. The normalized spacial score (nSPS) is 31.3. The van der Waals surface area contributed by atoms with E-state index in [0.29, 0.717) is 17.8 Å². The molecule has 24 heavy (non-hydrogen) atoms. The van der Waals surface area contributed by atoms with Gasteiger partial charge in [0, 0.05) is 13.1 Å². The van der Waals surface area contributed by atoms with E-state index in [4.69, 9.17) is 11.6 Å². The highest BCUT2D eigenvalue weighted by Gasteiger charge is 2.49. The molecular weight excluding hydrogens is 343 g/mol. The second kappa shape index (κ2) is 5.25. The molecule has 3 aliphatic rings. The average molecular weight is 360 g/mol. The van der Waals surface area contributed by atoms with Crippen LogP contribution in [0.5, 0.6) is 0 Å². The number of hydrogen-bond acceptors (Lipinski definition) is 2. The molecule has 130 valence electrons. The van der Waals surface area contributed by atoms with Crippen LogP contribution >= 0.6 is 11.6 Å². The predicted octanol–water partition coefficient (Wildman–Crippen LogP) is 3.57. The van der Waals surface area contributed by atoms with Gasteiger partial charge in [-0.05, 0) is 43.4 Å². The first kappa shape index (κ1) is 16.0. The van der Waals surface area contributed by atoms with Gasteiger partial charge in [-0.2, -0.15) is 18.3 Å². The van der Waals surface area contributed by atoms with Crippen LogP contribution in [-0.4, -0.2) is 21.7 Å². The van der Waals surface area contributed by atoms with Crippen LogP contribution < -0.4 is 5.32 Å². The van der Waals surface area contributed by atoms with Crippen molar-refractivity contribution in [3.63, 3.8) is 0 Å². The van der Waals surface area contributed by atoms with Gasteiger partial charge < -0.3 is 5.32 Å². The van der Waals surface area contributed by atoms with Crippen LogP contribution in [0.15, 0.2) is 11.6 Å². The van der Waals surface area contributed by atoms with E-state index >= 15 is 0 Å². The molecule has 4 atom stereocenters. The third-order valence-electron chi connectivity index (χ3n) is 5.66. The standard InChI is InChI=1S/C16H17ClF3N3O/c1-23-14(17)12(13(22-23)16(18,19)20)15(24)21-11-6-8-3-2-7-4-9(8)10(11)5-7/h3,7,9-11H,2,4-6H2,1H3,(H,21,24). The summed E-state index contributed by atoms with van der Waals surface area (Å²) in [4.78, 5) is 12.5. The Morgan fingerprint density at radius 3 is 2.88 bits per heavy atom. The summed E-state index contributed by atoms with van der Waals surface area (Å²) < 4.78 is 40.3. The van der Waals surface area contributed by atoms with E-state index in [2.05, 4.69) is 16.5 Å². The third-order valence-corrected chi connectivity index (χ3v) is 6.09. The van der Waals surface area contributed by atoms with Gasteiger partial charge in [-0.3, -0.25) is 9.48 Å². The molecule has 4 nitrogen and oxygen atoms in total. The number of carbonyl (C=O) groups excluding carboxylic acids is 1. The highest BCUT2D eigenvalue weighted by atomic mass is 35.5. The lowest BCUT2D eigenvalue weighted by Gasteiger charge is -2.21. The fraction of sp³-hybridized carbons (Fsp3) is 0.625. The molecule has 2 saturated carbocycles. The molecule has 0 radical (unpaired) electrons. The molecule has 2 fully saturated rings. The maximum Gasteiger partial charge on any atom is 0.436 e. The summed E-state index contributed by atoms with van der Waals surface area (Å²) in [5, 5.41) is 5.88. The fourth-order valence-corrected chi connectivity index (χ4v) is 4.87. The molecule has 1 aromatic heterocycles. The van der Waals surface area contributed by atoms with Gasteiger partial charge in [0.05, 0.1) is 0 Å². The number of hydrogen-bond donors (Lipinski definition) is 1. The number of halogens is 4. The van der Waals surface area contributed by atoms with Crippen molar-refractivity contribution in [3.05, 3.63) is 28.1 Å². The molecular formula is C16H17ClF3N3O. The number of alkyl halides is 3. The van der Waals surface area contributed by atoms with E-state index in [-0.39, 0.29) is 11.2 Å². The first-order chi connectivity index (χ1) is 11.3. The number of carbonyl (C=O) groups is 1. The second-order valence-electron chi connectivity index (χ2n) is 7.04. The molecule has 3 aliphatic carbocycles. The van der Waals surface area contributed by atoms with E-state index in [1.165, 1.54) is 12.6 Å². The summed E-state index contributed by atoms with van der Waals surface area (Å²) >= 11 is 5.90. The van der Waals surface area contributed by atoms with Crippen LogP contribution in [0.25, 0.3) is 0 Å². The van der Waals surface area contributed by atoms with Crippen molar-refractivity contribution >= 4 is 17.5 Å². The molecule has 1 heterocycles. The van der Waals surface area contributed by atoms with Crippen LogP contribution in [-0.2, 0) is 13.2 Å². The van der Waals surface area contributed by atoms with Crippen LogP contribution in [0.2, 0.25) is 5.15 Å². The molecule has 1 N–H and O–H groups in total. The summed E-state index contributed by atoms with van der Waals surface area (Å²) in [6.07, 6.45) is 1.53. The molecule has 0 saturated heterocycles. The Morgan fingerprint density at radius 1 is 1.42 bits per heavy atom. The molecule has 1 aromatic rings. The summed E-state index contributed by atoms with van der Waals surface area (Å²) in [6, 6.07) is -0.114. The van der Waals surface area contributed by atoms with Gasteiger partial charge in [-0.25, -0.2) is 0 Å². The van der Waals surface area contributed by atoms with Crippen LogP contribution in [0.4, 0.5) is 13.2 Å². The predicted molar refractivity (Wildman–Crippen MR) is 81.5 cm³/mol. The Labute approximate surface area is 142 Å². The lowest BCUT2D eigenvalue weighted by atomic mass is 9.89. The monoisotopic (exact) mass is 359 g/mol. The molecule has 2 bridgehead atoms. The lowest BCUT2D eigenvalue weighted by Crippen LogP contribution is -2.38. The van der Waals surface area contributed by atoms with E-state index in [1.54, 1.807) is 0 Å². The quantitative estimate of drug-likeness (QED) is 0.821. The van der Waals surface area contributed by atoms with Crippen molar-refractivity contribution in [3.8, 4) is 0 Å². The molecule has 0 aliphatic heterocycles. The number of aryl methyl sites for hydroxylation is 1. The average Bonchev–Trinajstić information content (AvgIpc) is 3.09. The van der Waals surface area contributed by atoms with Gasteiger partial charge in [-0.15, -0.1) is 0 Å². The Bertz CT molecular complexity index is 740. The minimum atomic E-state index is -4.72. The molecule has 1 amide bonds. The topological polar surface area (TPSA) is 46.9 Å². The van der Waals surface area contributed by atoms with Crippen molar-refractivity contribution in [2.45, 2.75) is 37.9 Å². The van der Waals surface area contributed by atoms with Crippen molar-refractivity contribution in [1.82, 2.24) is 15.1 Å². The Hall–Kier alpha value is -1.50. The number of fused-ring (bicyclic) bond motifs is 1. The molecule has 4 rings (SSSR count). The summed E-state index contributed by atoms with van der Waals surface area (Å²) in [6.45, 7) is 0. The minimum absolute atomic E-state index is 0.114. The van der Waals surface area contributed by atoms with Gasteiger partial charge in [0.25, 0.3) is 5.91 Å². The maximum absolute atomic E-state index is 13.1. The van der Waals surface area contributed by atoms with Gasteiger partial charge in [0.1, 0.15) is 10.7 Å². The second-order valence-corrected chi connectivity index (χ2v) is 7.40. The lowest BCUT2D eigenvalue weighted by molar-refractivity contribution is -0.141. The molecule has 0 aromatic carbocycles.